The van der Waals surface area contributed by atoms with Gasteiger partial charge in [-0.25, -0.2) is 9.07 Å². The van der Waals surface area contributed by atoms with E-state index in [-0.39, 0.29) is 35.8 Å². The quantitative estimate of drug-likeness (QED) is 0.780. The lowest BCUT2D eigenvalue weighted by Crippen LogP contribution is -2.38. The molecule has 0 spiro atoms. The SMILES string of the molecule is CC(CO)C(C)NC(=O)c1nn(-c2ccc(F)cc2)cc1O. The highest BCUT2D eigenvalue weighted by Crippen LogP contribution is 2.18. The molecule has 2 atom stereocenters. The third-order valence-electron chi connectivity index (χ3n) is 3.50. The predicted molar refractivity (Wildman–Crippen MR) is 78.4 cm³/mol. The van der Waals surface area contributed by atoms with Gasteiger partial charge in [0.15, 0.2) is 11.4 Å². The zero-order chi connectivity index (χ0) is 16.3. The van der Waals surface area contributed by atoms with Gasteiger partial charge in [-0.05, 0) is 37.1 Å². The second-order valence-electron chi connectivity index (χ2n) is 5.21. The molecule has 1 aromatic heterocycles. The van der Waals surface area contributed by atoms with Gasteiger partial charge >= 0.3 is 0 Å². The van der Waals surface area contributed by atoms with Crippen molar-refractivity contribution in [2.75, 3.05) is 6.61 Å². The summed E-state index contributed by atoms with van der Waals surface area (Å²) >= 11 is 0. The number of nitrogens with zero attached hydrogens (tertiary/aromatic N) is 2. The van der Waals surface area contributed by atoms with Crippen LogP contribution in [0.25, 0.3) is 5.69 Å². The average Bonchev–Trinajstić information content (AvgIpc) is 2.89. The monoisotopic (exact) mass is 307 g/mol. The first-order valence-corrected chi connectivity index (χ1v) is 6.88. The third kappa shape index (κ3) is 3.43. The summed E-state index contributed by atoms with van der Waals surface area (Å²) in [5, 5.41) is 25.6. The lowest BCUT2D eigenvalue weighted by atomic mass is 10.1. The Hall–Kier alpha value is -2.41. The number of rotatable bonds is 5. The Balaban J connectivity index is 2.19. The van der Waals surface area contributed by atoms with Crippen LogP contribution in [-0.2, 0) is 0 Å². The summed E-state index contributed by atoms with van der Waals surface area (Å²) in [6, 6.07) is 5.23. The maximum atomic E-state index is 12.9. The molecule has 118 valence electrons. The number of nitrogens with one attached hydrogen (secondary N) is 1. The molecule has 2 rings (SSSR count). The molecule has 1 aromatic carbocycles. The lowest BCUT2D eigenvalue weighted by molar-refractivity contribution is 0.0908. The maximum Gasteiger partial charge on any atom is 0.275 e. The Labute approximate surface area is 127 Å². The van der Waals surface area contributed by atoms with E-state index in [0.29, 0.717) is 5.69 Å². The fourth-order valence-corrected chi connectivity index (χ4v) is 1.83. The van der Waals surface area contributed by atoms with Gasteiger partial charge in [0.1, 0.15) is 5.82 Å². The summed E-state index contributed by atoms with van der Waals surface area (Å²) < 4.78 is 14.2. The summed E-state index contributed by atoms with van der Waals surface area (Å²) in [5.41, 5.74) is 0.397. The molecule has 0 radical (unpaired) electrons. The van der Waals surface area contributed by atoms with Crippen LogP contribution in [0.5, 0.6) is 5.75 Å². The predicted octanol–water partition coefficient (Wildman–Crippen LogP) is 1.46. The van der Waals surface area contributed by atoms with Crippen molar-refractivity contribution in [3.63, 3.8) is 0 Å². The van der Waals surface area contributed by atoms with E-state index in [1.54, 1.807) is 13.8 Å². The second-order valence-corrected chi connectivity index (χ2v) is 5.21. The standard InChI is InChI=1S/C15H18FN3O3/c1-9(8-20)10(2)17-15(22)14-13(21)7-19(18-14)12-5-3-11(16)4-6-12/h3-7,9-10,20-21H,8H2,1-2H3,(H,17,22). The molecule has 0 saturated carbocycles. The van der Waals surface area contributed by atoms with Gasteiger partial charge in [-0.15, -0.1) is 0 Å². The van der Waals surface area contributed by atoms with Crippen LogP contribution in [0, 0.1) is 11.7 Å². The van der Waals surface area contributed by atoms with Crippen LogP contribution in [0.4, 0.5) is 4.39 Å². The second kappa shape index (κ2) is 6.57. The number of hydrogen-bond acceptors (Lipinski definition) is 4. The van der Waals surface area contributed by atoms with E-state index in [1.807, 2.05) is 0 Å². The minimum atomic E-state index is -0.536. The highest BCUT2D eigenvalue weighted by Gasteiger charge is 2.21. The molecule has 0 fully saturated rings. The summed E-state index contributed by atoms with van der Waals surface area (Å²) in [4.78, 5) is 12.1. The Kier molecular flexibility index (Phi) is 4.77. The van der Waals surface area contributed by atoms with Crippen molar-refractivity contribution in [3.05, 3.63) is 42.0 Å². The van der Waals surface area contributed by atoms with E-state index in [0.717, 1.165) is 0 Å². The number of aliphatic hydroxyl groups is 1. The van der Waals surface area contributed by atoms with Gasteiger partial charge in [0, 0.05) is 12.6 Å². The number of carbonyl (C=O) groups excluding carboxylic acids is 1. The molecule has 1 heterocycles. The Morgan fingerprint density at radius 3 is 2.59 bits per heavy atom. The first-order valence-electron chi connectivity index (χ1n) is 6.88. The van der Waals surface area contributed by atoms with Crippen LogP contribution in [0.15, 0.2) is 30.5 Å². The number of amides is 1. The van der Waals surface area contributed by atoms with Gasteiger partial charge in [-0.2, -0.15) is 5.10 Å². The van der Waals surface area contributed by atoms with Crippen molar-refractivity contribution in [1.82, 2.24) is 15.1 Å². The fourth-order valence-electron chi connectivity index (χ4n) is 1.83. The van der Waals surface area contributed by atoms with Crippen molar-refractivity contribution in [2.45, 2.75) is 19.9 Å². The van der Waals surface area contributed by atoms with Crippen LogP contribution in [0.1, 0.15) is 24.3 Å². The van der Waals surface area contributed by atoms with E-state index < -0.39 is 5.91 Å². The molecule has 3 N–H and O–H groups in total. The van der Waals surface area contributed by atoms with E-state index >= 15 is 0 Å². The topological polar surface area (TPSA) is 87.4 Å². The minimum absolute atomic E-state index is 0.0581. The average molecular weight is 307 g/mol. The lowest BCUT2D eigenvalue weighted by Gasteiger charge is -2.18. The summed E-state index contributed by atoms with van der Waals surface area (Å²) in [6.45, 7) is 3.49. The molecule has 0 saturated heterocycles. The highest BCUT2D eigenvalue weighted by molar-refractivity contribution is 5.95. The Morgan fingerprint density at radius 1 is 1.36 bits per heavy atom. The molecule has 0 bridgehead atoms. The first kappa shape index (κ1) is 16.0. The number of aliphatic hydroxyl groups excluding tert-OH is 1. The summed E-state index contributed by atoms with van der Waals surface area (Å²) in [6.07, 6.45) is 1.28. The van der Waals surface area contributed by atoms with Crippen molar-refractivity contribution in [2.24, 2.45) is 5.92 Å². The molecule has 0 aliphatic heterocycles. The van der Waals surface area contributed by atoms with Crippen molar-refractivity contribution in [3.8, 4) is 11.4 Å². The largest absolute Gasteiger partial charge is 0.504 e. The molecule has 6 nitrogen and oxygen atoms in total. The minimum Gasteiger partial charge on any atom is -0.504 e. The number of aromatic nitrogens is 2. The van der Waals surface area contributed by atoms with Gasteiger partial charge in [0.2, 0.25) is 0 Å². The zero-order valence-electron chi connectivity index (χ0n) is 12.3. The number of aromatic hydroxyl groups is 1. The van der Waals surface area contributed by atoms with Crippen LogP contribution in [0.2, 0.25) is 0 Å². The smallest absolute Gasteiger partial charge is 0.275 e. The maximum absolute atomic E-state index is 12.9. The third-order valence-corrected chi connectivity index (χ3v) is 3.50. The summed E-state index contributed by atoms with van der Waals surface area (Å²) in [5.74, 6) is -1.31. The van der Waals surface area contributed by atoms with Crippen LogP contribution < -0.4 is 5.32 Å². The first-order chi connectivity index (χ1) is 10.4. The fraction of sp³-hybridized carbons (Fsp3) is 0.333. The molecule has 2 unspecified atom stereocenters. The van der Waals surface area contributed by atoms with Crippen LogP contribution in [-0.4, -0.2) is 38.5 Å². The van der Waals surface area contributed by atoms with E-state index in [9.17, 15) is 14.3 Å². The molecular weight excluding hydrogens is 289 g/mol. The van der Waals surface area contributed by atoms with Crippen molar-refractivity contribution >= 4 is 5.91 Å². The Bertz CT molecular complexity index is 655. The molecule has 1 amide bonds. The van der Waals surface area contributed by atoms with Crippen LogP contribution >= 0.6 is 0 Å². The number of hydrogen-bond donors (Lipinski definition) is 3. The van der Waals surface area contributed by atoms with Gasteiger partial charge in [0.25, 0.3) is 5.91 Å². The normalized spacial score (nSPS) is 13.6. The van der Waals surface area contributed by atoms with Crippen molar-refractivity contribution in [1.29, 1.82) is 0 Å². The van der Waals surface area contributed by atoms with E-state index in [1.165, 1.54) is 35.1 Å². The van der Waals surface area contributed by atoms with Gasteiger partial charge in [0.05, 0.1) is 11.9 Å². The summed E-state index contributed by atoms with van der Waals surface area (Å²) in [7, 11) is 0. The van der Waals surface area contributed by atoms with Gasteiger partial charge in [-0.1, -0.05) is 6.92 Å². The van der Waals surface area contributed by atoms with E-state index in [4.69, 9.17) is 5.11 Å². The zero-order valence-corrected chi connectivity index (χ0v) is 12.3. The molecule has 2 aromatic rings. The number of carbonyl (C=O) groups is 1. The molecule has 0 aliphatic rings. The van der Waals surface area contributed by atoms with Gasteiger partial charge < -0.3 is 15.5 Å². The van der Waals surface area contributed by atoms with Crippen molar-refractivity contribution < 1.29 is 19.4 Å². The van der Waals surface area contributed by atoms with E-state index in [2.05, 4.69) is 10.4 Å². The molecule has 0 aliphatic carbocycles. The highest BCUT2D eigenvalue weighted by atomic mass is 19.1. The molecule has 7 heteroatoms. The molecule has 22 heavy (non-hydrogen) atoms. The Morgan fingerprint density at radius 2 is 2.00 bits per heavy atom. The van der Waals surface area contributed by atoms with Crippen LogP contribution in [0.3, 0.4) is 0 Å². The van der Waals surface area contributed by atoms with Gasteiger partial charge in [-0.3, -0.25) is 4.79 Å². The number of benzene rings is 1. The number of halogens is 1. The molecular formula is C15H18FN3O3.